The van der Waals surface area contributed by atoms with Crippen molar-refractivity contribution in [2.75, 3.05) is 26.7 Å². The maximum absolute atomic E-state index is 11.7. The molecule has 128 valence electrons. The largest absolute Gasteiger partial charge is 0.355 e. The zero-order valence-electron chi connectivity index (χ0n) is 14.9. The zero-order chi connectivity index (χ0) is 17.4. The Morgan fingerprint density at radius 3 is 1.91 bits per heavy atom. The Hall–Kier alpha value is -1.79. The Labute approximate surface area is 133 Å². The van der Waals surface area contributed by atoms with Crippen molar-refractivity contribution in [2.24, 2.45) is 10.4 Å². The molecule has 0 radical (unpaired) electrons. The topological polar surface area (TPSA) is 94.6 Å². The van der Waals surface area contributed by atoms with Gasteiger partial charge >= 0.3 is 0 Å². The lowest BCUT2D eigenvalue weighted by atomic mass is 9.96. The molecule has 7 heteroatoms. The lowest BCUT2D eigenvalue weighted by molar-refractivity contribution is -0.128. The molecule has 0 bridgehead atoms. The van der Waals surface area contributed by atoms with E-state index >= 15 is 0 Å². The number of aliphatic imine (C=N–C) groups is 1. The molecule has 0 aromatic carbocycles. The van der Waals surface area contributed by atoms with Gasteiger partial charge in [-0.05, 0) is 20.8 Å². The molecule has 0 saturated heterocycles. The van der Waals surface area contributed by atoms with Crippen LogP contribution in [0.3, 0.4) is 0 Å². The highest BCUT2D eigenvalue weighted by atomic mass is 16.2. The maximum Gasteiger partial charge on any atom is 0.239 e. The minimum atomic E-state index is -0.398. The third-order valence-corrected chi connectivity index (χ3v) is 2.54. The second-order valence-corrected chi connectivity index (χ2v) is 7.16. The summed E-state index contributed by atoms with van der Waals surface area (Å²) in [5, 5.41) is 11.7. The SMILES string of the molecule is CN=C(NCCNC(=O)C(C)(C)C)NCC(=O)NC(C)(C)C. The summed E-state index contributed by atoms with van der Waals surface area (Å²) >= 11 is 0. The van der Waals surface area contributed by atoms with Gasteiger partial charge in [0.25, 0.3) is 0 Å². The van der Waals surface area contributed by atoms with Crippen molar-refractivity contribution in [2.45, 2.75) is 47.1 Å². The fraction of sp³-hybridized carbons (Fsp3) is 0.800. The molecule has 0 saturated carbocycles. The van der Waals surface area contributed by atoms with Crippen LogP contribution in [0.2, 0.25) is 0 Å². The van der Waals surface area contributed by atoms with Gasteiger partial charge in [-0.15, -0.1) is 0 Å². The van der Waals surface area contributed by atoms with Gasteiger partial charge in [0.1, 0.15) is 0 Å². The molecule has 4 N–H and O–H groups in total. The first-order chi connectivity index (χ1) is 9.95. The summed E-state index contributed by atoms with van der Waals surface area (Å²) in [6, 6.07) is 0. The van der Waals surface area contributed by atoms with Crippen LogP contribution in [0.25, 0.3) is 0 Å². The molecule has 0 aromatic heterocycles. The first-order valence-corrected chi connectivity index (χ1v) is 7.49. The third-order valence-electron chi connectivity index (χ3n) is 2.54. The van der Waals surface area contributed by atoms with Gasteiger partial charge in [0.15, 0.2) is 5.96 Å². The number of hydrogen-bond donors (Lipinski definition) is 4. The minimum absolute atomic E-state index is 0.00167. The Balaban J connectivity index is 4.00. The number of carbonyl (C=O) groups excluding carboxylic acids is 2. The molecule has 0 atom stereocenters. The first kappa shape index (κ1) is 20.2. The Morgan fingerprint density at radius 1 is 0.909 bits per heavy atom. The lowest BCUT2D eigenvalue weighted by Gasteiger charge is -2.21. The Morgan fingerprint density at radius 2 is 1.45 bits per heavy atom. The average Bonchev–Trinajstić information content (AvgIpc) is 2.34. The maximum atomic E-state index is 11.7. The van der Waals surface area contributed by atoms with Crippen LogP contribution in [0.15, 0.2) is 4.99 Å². The Bertz CT molecular complexity index is 405. The number of amides is 2. The molecular weight excluding hydrogens is 282 g/mol. The minimum Gasteiger partial charge on any atom is -0.355 e. The highest BCUT2D eigenvalue weighted by Gasteiger charge is 2.20. The number of nitrogens with zero attached hydrogens (tertiary/aromatic N) is 1. The van der Waals surface area contributed by atoms with Crippen molar-refractivity contribution >= 4 is 17.8 Å². The smallest absolute Gasteiger partial charge is 0.239 e. The Kier molecular flexibility index (Phi) is 7.90. The highest BCUT2D eigenvalue weighted by molar-refractivity contribution is 5.86. The molecule has 0 heterocycles. The summed E-state index contributed by atoms with van der Waals surface area (Å²) in [6.45, 7) is 12.5. The summed E-state index contributed by atoms with van der Waals surface area (Å²) < 4.78 is 0. The van der Waals surface area contributed by atoms with E-state index in [4.69, 9.17) is 0 Å². The van der Waals surface area contributed by atoms with Crippen molar-refractivity contribution in [1.29, 1.82) is 0 Å². The van der Waals surface area contributed by atoms with Gasteiger partial charge in [0.05, 0.1) is 6.54 Å². The van der Waals surface area contributed by atoms with Gasteiger partial charge in [0.2, 0.25) is 11.8 Å². The molecule has 0 spiro atoms. The number of carbonyl (C=O) groups is 2. The van der Waals surface area contributed by atoms with Crippen molar-refractivity contribution in [3.8, 4) is 0 Å². The highest BCUT2D eigenvalue weighted by Crippen LogP contribution is 2.11. The van der Waals surface area contributed by atoms with Crippen LogP contribution in [-0.4, -0.2) is 50.0 Å². The van der Waals surface area contributed by atoms with Gasteiger partial charge in [0, 0.05) is 31.1 Å². The summed E-state index contributed by atoms with van der Waals surface area (Å²) in [7, 11) is 1.63. The van der Waals surface area contributed by atoms with E-state index in [0.717, 1.165) is 0 Å². The van der Waals surface area contributed by atoms with E-state index in [2.05, 4.69) is 26.3 Å². The molecular formula is C15H31N5O2. The predicted octanol–water partition coefficient (Wildman–Crippen LogP) is 0.228. The molecule has 0 unspecified atom stereocenters. The van der Waals surface area contributed by atoms with Crippen LogP contribution in [0, 0.1) is 5.41 Å². The summed E-state index contributed by atoms with van der Waals surface area (Å²) in [6.07, 6.45) is 0. The second kappa shape index (κ2) is 8.60. The molecule has 0 aliphatic carbocycles. The van der Waals surface area contributed by atoms with E-state index in [1.165, 1.54) is 0 Å². The normalized spacial score (nSPS) is 12.6. The molecule has 0 aliphatic heterocycles. The lowest BCUT2D eigenvalue weighted by Crippen LogP contribution is -2.49. The van der Waals surface area contributed by atoms with E-state index in [1.54, 1.807) is 7.05 Å². The molecule has 2 amide bonds. The number of guanidine groups is 1. The van der Waals surface area contributed by atoms with E-state index in [0.29, 0.717) is 19.0 Å². The monoisotopic (exact) mass is 313 g/mol. The van der Waals surface area contributed by atoms with Gasteiger partial charge in [-0.1, -0.05) is 20.8 Å². The van der Waals surface area contributed by atoms with Crippen LogP contribution >= 0.6 is 0 Å². The molecule has 0 rings (SSSR count). The zero-order valence-corrected chi connectivity index (χ0v) is 14.9. The van der Waals surface area contributed by atoms with Crippen molar-refractivity contribution < 1.29 is 9.59 Å². The van der Waals surface area contributed by atoms with E-state index < -0.39 is 5.41 Å². The fourth-order valence-corrected chi connectivity index (χ4v) is 1.47. The molecule has 0 aromatic rings. The van der Waals surface area contributed by atoms with E-state index in [1.807, 2.05) is 41.5 Å². The number of hydrogen-bond acceptors (Lipinski definition) is 3. The fourth-order valence-electron chi connectivity index (χ4n) is 1.47. The van der Waals surface area contributed by atoms with Crippen LogP contribution in [0.1, 0.15) is 41.5 Å². The van der Waals surface area contributed by atoms with Gasteiger partial charge in [-0.25, -0.2) is 0 Å². The van der Waals surface area contributed by atoms with Crippen LogP contribution in [0.4, 0.5) is 0 Å². The van der Waals surface area contributed by atoms with Gasteiger partial charge in [-0.3, -0.25) is 14.6 Å². The quantitative estimate of drug-likeness (QED) is 0.332. The van der Waals surface area contributed by atoms with Crippen molar-refractivity contribution in [1.82, 2.24) is 21.3 Å². The average molecular weight is 313 g/mol. The standard InChI is InChI=1S/C15H31N5O2/c1-14(2,3)12(22)17-8-9-18-13(16-7)19-10-11(21)20-15(4,5)6/h8-10H2,1-7H3,(H,17,22)(H,20,21)(H2,16,18,19). The van der Waals surface area contributed by atoms with E-state index in [9.17, 15) is 9.59 Å². The summed E-state index contributed by atoms with van der Waals surface area (Å²) in [5.74, 6) is 0.423. The third kappa shape index (κ3) is 10.0. The molecule has 22 heavy (non-hydrogen) atoms. The summed E-state index contributed by atoms with van der Waals surface area (Å²) in [4.78, 5) is 27.4. The van der Waals surface area contributed by atoms with E-state index in [-0.39, 0.29) is 23.9 Å². The predicted molar refractivity (Wildman–Crippen MR) is 89.7 cm³/mol. The van der Waals surface area contributed by atoms with Crippen LogP contribution in [0.5, 0.6) is 0 Å². The molecule has 0 fully saturated rings. The number of rotatable bonds is 5. The van der Waals surface area contributed by atoms with Crippen molar-refractivity contribution in [3.63, 3.8) is 0 Å². The molecule has 7 nitrogen and oxygen atoms in total. The summed E-state index contributed by atoms with van der Waals surface area (Å²) in [5.41, 5.74) is -0.655. The van der Waals surface area contributed by atoms with Crippen molar-refractivity contribution in [3.05, 3.63) is 0 Å². The second-order valence-electron chi connectivity index (χ2n) is 7.16. The number of nitrogens with one attached hydrogen (secondary N) is 4. The van der Waals surface area contributed by atoms with Crippen LogP contribution < -0.4 is 21.3 Å². The van der Waals surface area contributed by atoms with Gasteiger partial charge in [-0.2, -0.15) is 0 Å². The van der Waals surface area contributed by atoms with Gasteiger partial charge < -0.3 is 21.3 Å². The van der Waals surface area contributed by atoms with Crippen LogP contribution in [-0.2, 0) is 9.59 Å². The molecule has 0 aliphatic rings. The first-order valence-electron chi connectivity index (χ1n) is 7.49.